The molecule has 0 radical (unpaired) electrons. The largest absolute Gasteiger partial charge is 0.500 e. The third kappa shape index (κ3) is 1.68. The maximum atomic E-state index is 10.5. The Bertz CT molecular complexity index is 605. The molecule has 1 aromatic heterocycles. The highest BCUT2D eigenvalue weighted by Crippen LogP contribution is 2.35. The fourth-order valence-electron chi connectivity index (χ4n) is 1.20. The summed E-state index contributed by atoms with van der Waals surface area (Å²) >= 11 is 8.99. The minimum Gasteiger partial charge on any atom is -0.500 e. The Balaban J connectivity index is 2.84. The van der Waals surface area contributed by atoms with Gasteiger partial charge in [0.25, 0.3) is 0 Å². The van der Waals surface area contributed by atoms with Crippen molar-refractivity contribution in [3.63, 3.8) is 0 Å². The lowest BCUT2D eigenvalue weighted by molar-refractivity contribution is -0.391. The van der Waals surface area contributed by atoms with E-state index in [2.05, 4.69) is 26.1 Å². The molecule has 16 heavy (non-hydrogen) atoms. The van der Waals surface area contributed by atoms with Crippen LogP contribution in [0.2, 0.25) is 5.02 Å². The Morgan fingerprint density at radius 3 is 2.75 bits per heavy atom. The summed E-state index contributed by atoms with van der Waals surface area (Å²) in [5, 5.41) is 27.6. The highest BCUT2D eigenvalue weighted by Gasteiger charge is 2.20. The van der Waals surface area contributed by atoms with Crippen LogP contribution in [0.25, 0.3) is 10.9 Å². The van der Waals surface area contributed by atoms with Gasteiger partial charge in [0.05, 0.1) is 15.5 Å². The van der Waals surface area contributed by atoms with E-state index in [1.165, 1.54) is 12.1 Å². The van der Waals surface area contributed by atoms with Gasteiger partial charge in [0.15, 0.2) is 0 Å². The van der Waals surface area contributed by atoms with Crippen LogP contribution < -0.4 is 0 Å². The van der Waals surface area contributed by atoms with Gasteiger partial charge in [-0.3, -0.25) is 0 Å². The number of hydrogen-bond donors (Lipinski definition) is 1. The van der Waals surface area contributed by atoms with E-state index in [0.717, 1.165) is 0 Å². The fraction of sp³-hybridized carbons (Fsp3) is 0. The van der Waals surface area contributed by atoms with Crippen LogP contribution in [0.15, 0.2) is 16.6 Å². The van der Waals surface area contributed by atoms with E-state index in [1.807, 2.05) is 0 Å². The Morgan fingerprint density at radius 2 is 2.12 bits per heavy atom. The summed E-state index contributed by atoms with van der Waals surface area (Å²) in [6.45, 7) is 0. The molecule has 0 aliphatic heterocycles. The van der Waals surface area contributed by atoms with Gasteiger partial charge in [0, 0.05) is 4.47 Å². The van der Waals surface area contributed by atoms with Gasteiger partial charge in [-0.25, -0.2) is 0 Å². The van der Waals surface area contributed by atoms with Crippen LogP contribution in [0.3, 0.4) is 0 Å². The first-order valence-corrected chi connectivity index (χ1v) is 5.16. The zero-order chi connectivity index (χ0) is 11.9. The molecular weight excluding hydrogens is 301 g/mol. The maximum Gasteiger partial charge on any atom is 0.433 e. The third-order valence-corrected chi connectivity index (χ3v) is 3.13. The molecule has 1 N–H and O–H groups in total. The molecule has 0 fully saturated rings. The number of hydrogen-bond acceptors (Lipinski definition) is 5. The van der Waals surface area contributed by atoms with Gasteiger partial charge >= 0.3 is 5.82 Å². The highest BCUT2D eigenvalue weighted by atomic mass is 79.9. The topological polar surface area (TPSA) is 89.2 Å². The van der Waals surface area contributed by atoms with Crippen LogP contribution in [-0.2, 0) is 0 Å². The quantitative estimate of drug-likeness (QED) is 0.646. The lowest BCUT2D eigenvalue weighted by atomic mass is 10.2. The van der Waals surface area contributed by atoms with Crippen LogP contribution >= 0.6 is 27.5 Å². The van der Waals surface area contributed by atoms with Crippen molar-refractivity contribution in [1.29, 1.82) is 0 Å². The van der Waals surface area contributed by atoms with Crippen molar-refractivity contribution < 1.29 is 10.0 Å². The van der Waals surface area contributed by atoms with E-state index in [-0.39, 0.29) is 5.39 Å². The van der Waals surface area contributed by atoms with Crippen LogP contribution in [-0.4, -0.2) is 20.2 Å². The molecule has 0 atom stereocenters. The van der Waals surface area contributed by atoms with Crippen molar-refractivity contribution in [3.8, 4) is 5.75 Å². The lowest BCUT2D eigenvalue weighted by Gasteiger charge is -2.01. The molecule has 2 aromatic rings. The second kappa shape index (κ2) is 3.84. The smallest absolute Gasteiger partial charge is 0.433 e. The van der Waals surface area contributed by atoms with E-state index < -0.39 is 16.5 Å². The van der Waals surface area contributed by atoms with E-state index in [0.29, 0.717) is 15.0 Å². The molecule has 0 aliphatic rings. The molecule has 0 unspecified atom stereocenters. The monoisotopic (exact) mass is 303 g/mol. The average Bonchev–Trinajstić information content (AvgIpc) is 2.21. The first-order valence-electron chi connectivity index (χ1n) is 3.99. The van der Waals surface area contributed by atoms with Gasteiger partial charge in [-0.2, -0.15) is 0 Å². The predicted octanol–water partition coefficient (Wildman–Crippen LogP) is 2.66. The minimum absolute atomic E-state index is 0.190. The highest BCUT2D eigenvalue weighted by molar-refractivity contribution is 9.10. The van der Waals surface area contributed by atoms with Crippen LogP contribution in [0, 0.1) is 10.1 Å². The van der Waals surface area contributed by atoms with Gasteiger partial charge in [-0.15, -0.1) is 0 Å². The number of fused-ring (bicyclic) bond motifs is 1. The molecule has 6 nitrogen and oxygen atoms in total. The summed E-state index contributed by atoms with van der Waals surface area (Å²) < 4.78 is 0.573. The molecule has 0 amide bonds. The van der Waals surface area contributed by atoms with Crippen molar-refractivity contribution in [2.45, 2.75) is 0 Å². The molecule has 82 valence electrons. The number of halogens is 2. The number of rotatable bonds is 1. The summed E-state index contributed by atoms with van der Waals surface area (Å²) in [6, 6.07) is 2.91. The number of nitro groups is 1. The van der Waals surface area contributed by atoms with Crippen molar-refractivity contribution in [1.82, 2.24) is 10.2 Å². The predicted molar refractivity (Wildman–Crippen MR) is 60.6 cm³/mol. The number of benzene rings is 1. The van der Waals surface area contributed by atoms with Crippen LogP contribution in [0.4, 0.5) is 5.82 Å². The van der Waals surface area contributed by atoms with Crippen LogP contribution in [0.1, 0.15) is 0 Å². The van der Waals surface area contributed by atoms with Gasteiger partial charge < -0.3 is 15.2 Å². The standard InChI is InChI=1S/C8H3BrClN3O3/c9-4-2-6-3(1-5(4)10)7(14)8(12-11-6)13(15)16/h1-2H,(H,11,14). The Labute approximate surface area is 102 Å². The van der Waals surface area contributed by atoms with Crippen molar-refractivity contribution >= 4 is 44.3 Å². The molecule has 1 aromatic carbocycles. The van der Waals surface area contributed by atoms with Gasteiger partial charge in [0.1, 0.15) is 5.52 Å². The van der Waals surface area contributed by atoms with Crippen molar-refractivity contribution in [2.75, 3.05) is 0 Å². The van der Waals surface area contributed by atoms with Crippen molar-refractivity contribution in [2.24, 2.45) is 0 Å². The maximum absolute atomic E-state index is 10.5. The second-order valence-corrected chi connectivity index (χ2v) is 4.17. The molecule has 0 bridgehead atoms. The number of aromatic nitrogens is 2. The summed E-state index contributed by atoms with van der Waals surface area (Å²) in [7, 11) is 0. The van der Waals surface area contributed by atoms with E-state index in [9.17, 15) is 15.2 Å². The molecular formula is C8H3BrClN3O3. The SMILES string of the molecule is O=[N+]([O-])c1nnc2cc(Br)c(Cl)cc2c1O. The Morgan fingerprint density at radius 1 is 1.44 bits per heavy atom. The summed E-state index contributed by atoms with van der Waals surface area (Å²) in [5.74, 6) is -1.23. The minimum atomic E-state index is -0.808. The molecule has 0 saturated carbocycles. The summed E-state index contributed by atoms with van der Waals surface area (Å²) in [6.07, 6.45) is 0. The van der Waals surface area contributed by atoms with Crippen molar-refractivity contribution in [3.05, 3.63) is 31.7 Å². The zero-order valence-electron chi connectivity index (χ0n) is 7.52. The van der Waals surface area contributed by atoms with Gasteiger partial charge in [-0.1, -0.05) is 11.6 Å². The van der Waals surface area contributed by atoms with E-state index in [4.69, 9.17) is 11.6 Å². The molecule has 1 heterocycles. The van der Waals surface area contributed by atoms with Gasteiger partial charge in [0.2, 0.25) is 5.75 Å². The van der Waals surface area contributed by atoms with E-state index in [1.54, 1.807) is 0 Å². The molecule has 0 spiro atoms. The zero-order valence-corrected chi connectivity index (χ0v) is 9.86. The summed E-state index contributed by atoms with van der Waals surface area (Å²) in [4.78, 5) is 9.71. The summed E-state index contributed by atoms with van der Waals surface area (Å²) in [5.41, 5.74) is 0.319. The Hall–Kier alpha value is -1.47. The number of nitrogens with zero attached hydrogens (tertiary/aromatic N) is 3. The molecule has 8 heteroatoms. The first-order chi connectivity index (χ1) is 7.50. The van der Waals surface area contributed by atoms with Gasteiger partial charge in [-0.05, 0) is 38.1 Å². The second-order valence-electron chi connectivity index (χ2n) is 2.91. The normalized spacial score (nSPS) is 10.6. The molecule has 0 saturated heterocycles. The van der Waals surface area contributed by atoms with Crippen LogP contribution in [0.5, 0.6) is 5.75 Å². The molecule has 0 aliphatic carbocycles. The fourth-order valence-corrected chi connectivity index (χ4v) is 1.70. The lowest BCUT2D eigenvalue weighted by Crippen LogP contribution is -1.96. The first kappa shape index (κ1) is 11.0. The average molecular weight is 304 g/mol. The van der Waals surface area contributed by atoms with E-state index >= 15 is 0 Å². The third-order valence-electron chi connectivity index (χ3n) is 1.93. The Kier molecular flexibility index (Phi) is 2.64. The number of aromatic hydroxyl groups is 1. The molecule has 2 rings (SSSR count).